The van der Waals surface area contributed by atoms with Crippen LogP contribution in [0.25, 0.3) is 5.69 Å². The van der Waals surface area contributed by atoms with Gasteiger partial charge in [0.05, 0.1) is 5.75 Å². The minimum Gasteiger partial charge on any atom is -0.318 e. The number of hydrogen-bond donors (Lipinski definition) is 0. The third-order valence-electron chi connectivity index (χ3n) is 4.55. The van der Waals surface area contributed by atoms with Crippen molar-refractivity contribution in [3.8, 4) is 5.69 Å². The summed E-state index contributed by atoms with van der Waals surface area (Å²) >= 11 is 1.41. The molecule has 0 atom stereocenters. The maximum atomic E-state index is 12.7. The fourth-order valence-electron chi connectivity index (χ4n) is 3.06. The maximum absolute atomic E-state index is 12.7. The Morgan fingerprint density at radius 1 is 1.19 bits per heavy atom. The van der Waals surface area contributed by atoms with E-state index in [1.54, 1.807) is 6.33 Å². The lowest BCUT2D eigenvalue weighted by molar-refractivity contribution is 0.102. The Morgan fingerprint density at radius 2 is 1.88 bits per heavy atom. The van der Waals surface area contributed by atoms with Crippen LogP contribution in [-0.4, -0.2) is 30.9 Å². The van der Waals surface area contributed by atoms with Crippen molar-refractivity contribution in [1.82, 2.24) is 19.3 Å². The highest BCUT2D eigenvalue weighted by molar-refractivity contribution is 7.99. The van der Waals surface area contributed by atoms with Gasteiger partial charge in [-0.15, -0.1) is 10.2 Å². The molecule has 136 valence electrons. The predicted molar refractivity (Wildman–Crippen MR) is 105 cm³/mol. The molecule has 2 heterocycles. The number of thioether (sulfide) groups is 1. The number of Topliss-reactive ketones (excluding diaryl/α,β-unsaturated/α-hetero) is 1. The van der Waals surface area contributed by atoms with Crippen LogP contribution in [0.2, 0.25) is 0 Å². The van der Waals surface area contributed by atoms with Crippen LogP contribution in [0.3, 0.4) is 0 Å². The van der Waals surface area contributed by atoms with Gasteiger partial charge in [0.2, 0.25) is 0 Å². The number of carbonyl (C=O) groups is 1. The summed E-state index contributed by atoms with van der Waals surface area (Å²) in [4.78, 5) is 12.7. The van der Waals surface area contributed by atoms with Crippen LogP contribution in [0.1, 0.15) is 47.1 Å². The fourth-order valence-corrected chi connectivity index (χ4v) is 3.83. The summed E-state index contributed by atoms with van der Waals surface area (Å²) in [6.07, 6.45) is 1.64. The molecule has 0 N–H and O–H groups in total. The molecule has 2 aromatic heterocycles. The van der Waals surface area contributed by atoms with Crippen molar-refractivity contribution in [3.63, 3.8) is 0 Å². The number of aryl methyl sites for hydroxylation is 2. The van der Waals surface area contributed by atoms with Gasteiger partial charge in [-0.3, -0.25) is 4.79 Å². The molecular formula is C20H24N4OS. The first-order valence-electron chi connectivity index (χ1n) is 8.67. The lowest BCUT2D eigenvalue weighted by Crippen LogP contribution is -2.06. The Balaban J connectivity index is 1.83. The van der Waals surface area contributed by atoms with Crippen molar-refractivity contribution in [3.05, 3.63) is 59.2 Å². The second-order valence-electron chi connectivity index (χ2n) is 6.80. The minimum absolute atomic E-state index is 0.108. The highest BCUT2D eigenvalue weighted by Crippen LogP contribution is 2.25. The molecule has 0 radical (unpaired) electrons. The molecule has 0 fully saturated rings. The Labute approximate surface area is 158 Å². The van der Waals surface area contributed by atoms with E-state index in [4.69, 9.17) is 0 Å². The smallest absolute Gasteiger partial charge is 0.191 e. The van der Waals surface area contributed by atoms with Crippen LogP contribution in [0.5, 0.6) is 0 Å². The molecule has 3 rings (SSSR count). The summed E-state index contributed by atoms with van der Waals surface area (Å²) < 4.78 is 3.96. The number of hydrogen-bond acceptors (Lipinski definition) is 4. The molecular weight excluding hydrogens is 344 g/mol. The zero-order valence-electron chi connectivity index (χ0n) is 15.9. The van der Waals surface area contributed by atoms with Crippen molar-refractivity contribution in [2.75, 3.05) is 5.75 Å². The molecule has 5 nitrogen and oxygen atoms in total. The lowest BCUT2D eigenvalue weighted by atomic mass is 10.0. The number of carbonyl (C=O) groups excluding carboxylic acids is 1. The van der Waals surface area contributed by atoms with E-state index in [2.05, 4.69) is 52.9 Å². The molecule has 1 aromatic carbocycles. The van der Waals surface area contributed by atoms with Crippen LogP contribution in [0, 0.1) is 13.8 Å². The van der Waals surface area contributed by atoms with Crippen LogP contribution in [0.15, 0.2) is 41.8 Å². The SMILES string of the molecule is Cc1cc(C(=O)CSc2nncn2C)c(C)n1-c1ccc(C(C)C)cc1. The van der Waals surface area contributed by atoms with Crippen molar-refractivity contribution < 1.29 is 4.79 Å². The molecule has 0 bridgehead atoms. The normalized spacial score (nSPS) is 11.3. The van der Waals surface area contributed by atoms with E-state index in [0.717, 1.165) is 27.8 Å². The van der Waals surface area contributed by atoms with Crippen LogP contribution in [0.4, 0.5) is 0 Å². The molecule has 3 aromatic rings. The predicted octanol–water partition coefficient (Wildman–Crippen LogP) is 4.32. The average molecular weight is 369 g/mol. The Hall–Kier alpha value is -2.34. The quantitative estimate of drug-likeness (QED) is 0.480. The minimum atomic E-state index is 0.108. The van der Waals surface area contributed by atoms with E-state index in [1.807, 2.05) is 31.5 Å². The van der Waals surface area contributed by atoms with Crippen molar-refractivity contribution >= 4 is 17.5 Å². The molecule has 0 saturated heterocycles. The highest BCUT2D eigenvalue weighted by atomic mass is 32.2. The molecule has 0 amide bonds. The molecule has 0 spiro atoms. The Bertz CT molecular complexity index is 922. The van der Waals surface area contributed by atoms with Crippen LogP contribution < -0.4 is 0 Å². The molecule has 0 aliphatic carbocycles. The second-order valence-corrected chi connectivity index (χ2v) is 7.75. The first-order chi connectivity index (χ1) is 12.4. The fraction of sp³-hybridized carbons (Fsp3) is 0.350. The zero-order chi connectivity index (χ0) is 18.8. The average Bonchev–Trinajstić information content (AvgIpc) is 3.15. The van der Waals surface area contributed by atoms with E-state index in [1.165, 1.54) is 17.3 Å². The van der Waals surface area contributed by atoms with Gasteiger partial charge in [0.25, 0.3) is 0 Å². The summed E-state index contributed by atoms with van der Waals surface area (Å²) in [6.45, 7) is 8.42. The third-order valence-corrected chi connectivity index (χ3v) is 5.59. The lowest BCUT2D eigenvalue weighted by Gasteiger charge is -2.12. The number of nitrogens with zero attached hydrogens (tertiary/aromatic N) is 4. The summed E-state index contributed by atoms with van der Waals surface area (Å²) in [7, 11) is 1.87. The van der Waals surface area contributed by atoms with Gasteiger partial charge >= 0.3 is 0 Å². The number of aromatic nitrogens is 4. The first kappa shape index (κ1) is 18.5. The van der Waals surface area contributed by atoms with Crippen LogP contribution in [-0.2, 0) is 7.05 Å². The monoisotopic (exact) mass is 368 g/mol. The van der Waals surface area contributed by atoms with Gasteiger partial charge < -0.3 is 9.13 Å². The molecule has 0 aliphatic heterocycles. The maximum Gasteiger partial charge on any atom is 0.191 e. The standard InChI is InChI=1S/C20H24N4OS/c1-13(2)16-6-8-17(9-7-16)24-14(3)10-18(15(24)4)19(25)11-26-20-22-21-12-23(20)5/h6-10,12-13H,11H2,1-5H3. The van der Waals surface area contributed by atoms with E-state index in [-0.39, 0.29) is 5.78 Å². The number of rotatable bonds is 6. The largest absolute Gasteiger partial charge is 0.318 e. The van der Waals surface area contributed by atoms with Crippen molar-refractivity contribution in [2.24, 2.45) is 7.05 Å². The summed E-state index contributed by atoms with van der Waals surface area (Å²) in [6, 6.07) is 10.5. The Kier molecular flexibility index (Phi) is 5.32. The van der Waals surface area contributed by atoms with Gasteiger partial charge in [-0.25, -0.2) is 0 Å². The first-order valence-corrected chi connectivity index (χ1v) is 9.66. The molecule has 26 heavy (non-hydrogen) atoms. The Morgan fingerprint density at radius 3 is 2.46 bits per heavy atom. The summed E-state index contributed by atoms with van der Waals surface area (Å²) in [5.74, 6) is 0.963. The molecule has 0 unspecified atom stereocenters. The van der Waals surface area contributed by atoms with E-state index >= 15 is 0 Å². The van der Waals surface area contributed by atoms with Gasteiger partial charge in [0, 0.05) is 29.7 Å². The topological polar surface area (TPSA) is 52.7 Å². The number of benzene rings is 1. The van der Waals surface area contributed by atoms with Gasteiger partial charge in [-0.05, 0) is 43.5 Å². The van der Waals surface area contributed by atoms with E-state index in [0.29, 0.717) is 11.7 Å². The molecule has 0 saturated carbocycles. The summed E-state index contributed by atoms with van der Waals surface area (Å²) in [5.41, 5.74) is 5.21. The molecule has 0 aliphatic rings. The van der Waals surface area contributed by atoms with E-state index < -0.39 is 0 Å². The van der Waals surface area contributed by atoms with Gasteiger partial charge in [0.15, 0.2) is 10.9 Å². The van der Waals surface area contributed by atoms with Gasteiger partial charge in [-0.2, -0.15) is 0 Å². The second kappa shape index (κ2) is 7.50. The van der Waals surface area contributed by atoms with Crippen molar-refractivity contribution in [1.29, 1.82) is 0 Å². The highest BCUT2D eigenvalue weighted by Gasteiger charge is 2.17. The zero-order valence-corrected chi connectivity index (χ0v) is 16.7. The third kappa shape index (κ3) is 3.60. The van der Waals surface area contributed by atoms with E-state index in [9.17, 15) is 4.79 Å². The van der Waals surface area contributed by atoms with Gasteiger partial charge in [0.1, 0.15) is 6.33 Å². The van der Waals surface area contributed by atoms with Gasteiger partial charge in [-0.1, -0.05) is 37.7 Å². The van der Waals surface area contributed by atoms with Crippen molar-refractivity contribution in [2.45, 2.75) is 38.8 Å². The molecule has 6 heteroatoms. The van der Waals surface area contributed by atoms with Crippen LogP contribution >= 0.6 is 11.8 Å². The summed E-state index contributed by atoms with van der Waals surface area (Å²) in [5, 5.41) is 8.61. The number of ketones is 1.